The highest BCUT2D eigenvalue weighted by atomic mass is 16.8. The number of hydrogen-bond acceptors (Lipinski definition) is 29. The van der Waals surface area contributed by atoms with E-state index in [1.54, 1.807) is 103 Å². The number of benzene rings is 4. The van der Waals surface area contributed by atoms with Crippen molar-refractivity contribution in [2.75, 3.05) is 26.4 Å². The Labute approximate surface area is 544 Å². The van der Waals surface area contributed by atoms with E-state index in [1.807, 2.05) is 6.07 Å². The van der Waals surface area contributed by atoms with Crippen LogP contribution in [0.5, 0.6) is 0 Å². The van der Waals surface area contributed by atoms with Gasteiger partial charge in [0.25, 0.3) is 0 Å². The first kappa shape index (κ1) is 69.7. The van der Waals surface area contributed by atoms with Crippen LogP contribution in [0.2, 0.25) is 0 Å². The largest absolute Gasteiger partial charge is 0.463 e. The molecule has 0 saturated carbocycles. The van der Waals surface area contributed by atoms with Gasteiger partial charge in [-0.2, -0.15) is 0 Å². The van der Waals surface area contributed by atoms with Crippen LogP contribution in [-0.2, 0) is 140 Å². The number of carbonyl (C=O) groups excluding carboxylic acids is 9. The molecule has 0 spiro atoms. The Morgan fingerprint density at radius 3 is 1.32 bits per heavy atom. The minimum atomic E-state index is -2.10. The van der Waals surface area contributed by atoms with E-state index < -0.39 is 196 Å². The standard InChI is InChI=1S/C66H72O29/c1-33(67)76-29-44-50(81-35(3)69)54(83-37(5)71)57(84-38(6)72)64(87-44)94-55-51(82-36(4)70)45(30-77-34(2)68)88-65(58(55)85-39(7)73)95-56-52-47(32-80-62(92-52)43-26-18-11-19-27-43)89-66(59(56)90-60(75)41-22-14-9-15-23-41)93-53-48(74)63(78-28-40-20-12-8-13-21-40)86-46-31-79-61(91-49(46)53)42-24-16-10-17-25-42/h8-27,44-47,49-59,61-66H,28-32H2,1-7H3/t44?,45?,46?,47?,49-,50-,51-,52-,53-,54+,55+,56+,57?,58?,59?,61?,62?,63-,64+,65+,66+/m1/s1. The molecule has 6 fully saturated rings. The molecule has 21 atom stereocenters. The van der Waals surface area contributed by atoms with E-state index in [0.717, 1.165) is 48.5 Å². The zero-order valence-corrected chi connectivity index (χ0v) is 52.5. The van der Waals surface area contributed by atoms with Crippen LogP contribution >= 0.6 is 0 Å². The summed E-state index contributed by atoms with van der Waals surface area (Å²) < 4.78 is 125. The number of ketones is 1. The first-order chi connectivity index (χ1) is 45.7. The average molecular weight is 1330 g/mol. The summed E-state index contributed by atoms with van der Waals surface area (Å²) in [5.41, 5.74) is 1.79. The Bertz CT molecular complexity index is 3300. The Morgan fingerprint density at radius 1 is 0.400 bits per heavy atom. The molecule has 0 aromatic heterocycles. The molecule has 0 N–H and O–H groups in total. The molecule has 0 aliphatic carbocycles. The van der Waals surface area contributed by atoms with Crippen LogP contribution in [0.25, 0.3) is 0 Å². The highest BCUT2D eigenvalue weighted by Crippen LogP contribution is 2.43. The predicted molar refractivity (Wildman–Crippen MR) is 312 cm³/mol. The van der Waals surface area contributed by atoms with Gasteiger partial charge < -0.3 is 94.7 Å². The van der Waals surface area contributed by atoms with Crippen molar-refractivity contribution in [1.29, 1.82) is 0 Å². The van der Waals surface area contributed by atoms with Gasteiger partial charge in [-0.1, -0.05) is 109 Å². The Kier molecular flexibility index (Phi) is 23.5. The van der Waals surface area contributed by atoms with Crippen LogP contribution in [0.1, 0.15) is 88.1 Å². The molecule has 6 aliphatic rings. The Balaban J connectivity index is 1.10. The predicted octanol–water partition coefficient (Wildman–Crippen LogP) is 4.07. The van der Waals surface area contributed by atoms with Crippen LogP contribution in [0.4, 0.5) is 0 Å². The minimum absolute atomic E-state index is 0.00731. The van der Waals surface area contributed by atoms with Crippen LogP contribution in [0.3, 0.4) is 0 Å². The smallest absolute Gasteiger partial charge is 0.338 e. The van der Waals surface area contributed by atoms with Crippen LogP contribution < -0.4 is 0 Å². The molecule has 9 unspecified atom stereocenters. The van der Waals surface area contributed by atoms with E-state index in [2.05, 4.69) is 0 Å². The van der Waals surface area contributed by atoms with Crippen molar-refractivity contribution in [3.05, 3.63) is 144 Å². The second-order valence-corrected chi connectivity index (χ2v) is 22.7. The molecular weight excluding hydrogens is 1260 g/mol. The normalized spacial score (nSPS) is 32.7. The lowest BCUT2D eigenvalue weighted by Gasteiger charge is -2.52. The molecule has 95 heavy (non-hydrogen) atoms. The second kappa shape index (κ2) is 32.0. The van der Waals surface area contributed by atoms with Crippen LogP contribution in [-0.4, -0.2) is 197 Å². The molecule has 6 aliphatic heterocycles. The van der Waals surface area contributed by atoms with E-state index in [0.29, 0.717) is 16.7 Å². The van der Waals surface area contributed by atoms with Gasteiger partial charge in [-0.25, -0.2) is 4.79 Å². The highest BCUT2D eigenvalue weighted by molar-refractivity contribution is 5.89. The van der Waals surface area contributed by atoms with Gasteiger partial charge >= 0.3 is 47.8 Å². The third-order valence-corrected chi connectivity index (χ3v) is 15.6. The fourth-order valence-corrected chi connectivity index (χ4v) is 11.6. The molecular formula is C66H72O29. The third kappa shape index (κ3) is 17.7. The summed E-state index contributed by atoms with van der Waals surface area (Å²) in [5.74, 6) is -8.52. The van der Waals surface area contributed by atoms with Crippen molar-refractivity contribution in [2.24, 2.45) is 0 Å². The molecule has 510 valence electrons. The van der Waals surface area contributed by atoms with Gasteiger partial charge in [0, 0.05) is 59.6 Å². The van der Waals surface area contributed by atoms with Crippen molar-refractivity contribution >= 4 is 53.5 Å². The topological polar surface area (TPSA) is 338 Å². The monoisotopic (exact) mass is 1330 g/mol. The summed E-state index contributed by atoms with van der Waals surface area (Å²) >= 11 is 0. The zero-order chi connectivity index (χ0) is 67.4. The molecule has 4 aromatic rings. The molecule has 29 heteroatoms. The molecule has 6 saturated heterocycles. The number of Topliss-reactive ketones (excluding diaryl/α,β-unsaturated/α-hetero) is 1. The summed E-state index contributed by atoms with van der Waals surface area (Å²) in [6.07, 6.45) is -35.0. The van der Waals surface area contributed by atoms with Crippen molar-refractivity contribution in [1.82, 2.24) is 0 Å². The Hall–Kier alpha value is -8.17. The second-order valence-electron chi connectivity index (χ2n) is 22.7. The third-order valence-electron chi connectivity index (χ3n) is 15.6. The lowest BCUT2D eigenvalue weighted by molar-refractivity contribution is -0.406. The average Bonchev–Trinajstić information content (AvgIpc) is 0.755. The minimum Gasteiger partial charge on any atom is -0.463 e. The first-order valence-electron chi connectivity index (χ1n) is 30.5. The molecule has 10 rings (SSSR count). The molecule has 0 amide bonds. The zero-order valence-electron chi connectivity index (χ0n) is 52.5. The van der Waals surface area contributed by atoms with Crippen molar-refractivity contribution < 1.29 is 138 Å². The molecule has 0 radical (unpaired) electrons. The van der Waals surface area contributed by atoms with Crippen molar-refractivity contribution in [3.8, 4) is 0 Å². The van der Waals surface area contributed by atoms with E-state index in [-0.39, 0.29) is 25.4 Å². The highest BCUT2D eigenvalue weighted by Gasteiger charge is 2.62. The maximum atomic E-state index is 15.3. The maximum Gasteiger partial charge on any atom is 0.338 e. The van der Waals surface area contributed by atoms with E-state index in [1.165, 1.54) is 12.1 Å². The van der Waals surface area contributed by atoms with Gasteiger partial charge in [0.1, 0.15) is 62.0 Å². The summed E-state index contributed by atoms with van der Waals surface area (Å²) in [6, 6.07) is 34.2. The fourth-order valence-electron chi connectivity index (χ4n) is 11.6. The number of esters is 8. The number of carbonyl (C=O) groups is 9. The van der Waals surface area contributed by atoms with Crippen molar-refractivity contribution in [3.63, 3.8) is 0 Å². The molecule has 6 heterocycles. The number of ether oxygens (including phenoxy) is 20. The number of fused-ring (bicyclic) bond motifs is 2. The van der Waals surface area contributed by atoms with Crippen LogP contribution in [0.15, 0.2) is 121 Å². The molecule has 4 aromatic carbocycles. The first-order valence-corrected chi connectivity index (χ1v) is 30.5. The lowest BCUT2D eigenvalue weighted by Crippen LogP contribution is -2.70. The summed E-state index contributed by atoms with van der Waals surface area (Å²) in [6.45, 7) is 5.11. The Morgan fingerprint density at radius 2 is 0.811 bits per heavy atom. The van der Waals surface area contributed by atoms with Crippen molar-refractivity contribution in [2.45, 2.75) is 184 Å². The van der Waals surface area contributed by atoms with Gasteiger partial charge in [-0.15, -0.1) is 0 Å². The summed E-state index contributed by atoms with van der Waals surface area (Å²) in [7, 11) is 0. The molecule has 29 nitrogen and oxygen atoms in total. The fraction of sp³-hybridized carbons (Fsp3) is 0.500. The van der Waals surface area contributed by atoms with E-state index in [9.17, 15) is 38.4 Å². The number of hydrogen-bond donors (Lipinski definition) is 0. The van der Waals surface area contributed by atoms with Crippen LogP contribution in [0, 0.1) is 0 Å². The van der Waals surface area contributed by atoms with E-state index in [4.69, 9.17) is 94.7 Å². The van der Waals surface area contributed by atoms with E-state index >= 15 is 4.79 Å². The van der Waals surface area contributed by atoms with Gasteiger partial charge in [0.15, 0.2) is 74.2 Å². The summed E-state index contributed by atoms with van der Waals surface area (Å²) in [4.78, 5) is 121. The van der Waals surface area contributed by atoms with Gasteiger partial charge in [0.05, 0.1) is 25.4 Å². The summed E-state index contributed by atoms with van der Waals surface area (Å²) in [5, 5.41) is 0. The lowest BCUT2D eigenvalue weighted by atomic mass is 9.94. The number of rotatable bonds is 22. The SMILES string of the molecule is CC(=O)OCC1O[C@@H](O[C@@H]2C(OC(C)=O)[C@H](O[C@@H]3C(OC(=O)c4ccccc4)[C@H](O[C@@H]4C(=O)[C@H](OCc5ccccc5)OC5COC(c6ccccc6)O[C@H]54)OC4COC(c5ccccc5)O[C@H]43)OC(COC(C)=O)[C@H]2OC(C)=O)C(OC(C)=O)[C@@H](OC(C)=O)[C@@H]1OC(C)=O. The maximum absolute atomic E-state index is 15.3. The van der Waals surface area contributed by atoms with Gasteiger partial charge in [0.2, 0.25) is 12.1 Å². The molecule has 0 bridgehead atoms. The van der Waals surface area contributed by atoms with Gasteiger partial charge in [-0.05, 0) is 17.7 Å². The van der Waals surface area contributed by atoms with Gasteiger partial charge in [-0.3, -0.25) is 38.4 Å². The quantitative estimate of drug-likeness (QED) is 0.0790.